The number of aryl methyl sites for hydroxylation is 2. The summed E-state index contributed by atoms with van der Waals surface area (Å²) in [5.74, 6) is -0.287. The Bertz CT molecular complexity index is 1580. The van der Waals surface area contributed by atoms with Gasteiger partial charge in [-0.1, -0.05) is 36.4 Å². The maximum Gasteiger partial charge on any atom is 0.340 e. The van der Waals surface area contributed by atoms with Crippen LogP contribution in [-0.4, -0.2) is 29.2 Å². The molecular weight excluding hydrogens is 434 g/mol. The Labute approximate surface area is 205 Å². The predicted molar refractivity (Wildman–Crippen MR) is 141 cm³/mol. The number of carbonyl (C=O) groups excluding carboxylic acids is 1. The molecule has 2 aromatic heterocycles. The molecule has 176 valence electrons. The molecule has 5 heteroatoms. The number of carbonyl (C=O) groups is 1. The van der Waals surface area contributed by atoms with Crippen LogP contribution in [0.3, 0.4) is 0 Å². The fourth-order valence-electron chi connectivity index (χ4n) is 5.96. The molecule has 0 amide bonds. The molecule has 6 rings (SSSR count). The number of para-hydroxylation sites is 2. The van der Waals surface area contributed by atoms with Gasteiger partial charge in [0.2, 0.25) is 0 Å². The average Bonchev–Trinajstić information content (AvgIpc) is 3.40. The first kappa shape index (κ1) is 21.5. The summed E-state index contributed by atoms with van der Waals surface area (Å²) in [6, 6.07) is 22.8. The zero-order valence-corrected chi connectivity index (χ0v) is 21.0. The lowest BCUT2D eigenvalue weighted by molar-refractivity contribution is 0.0256. The van der Waals surface area contributed by atoms with Gasteiger partial charge in [-0.15, -0.1) is 0 Å². The molecule has 0 bridgehead atoms. The molecule has 0 aliphatic carbocycles. The Morgan fingerprint density at radius 2 is 1.29 bits per heavy atom. The number of benzene rings is 3. The molecule has 1 aliphatic rings. The molecule has 3 heterocycles. The molecule has 5 nitrogen and oxygen atoms in total. The summed E-state index contributed by atoms with van der Waals surface area (Å²) in [5, 5.41) is 2.19. The molecule has 0 atom stereocenters. The predicted octanol–water partition coefficient (Wildman–Crippen LogP) is 5.82. The van der Waals surface area contributed by atoms with Gasteiger partial charge in [-0.05, 0) is 44.2 Å². The number of cyclic esters (lactones) is 1. The Kier molecular flexibility index (Phi) is 4.46. The molecule has 0 spiro atoms. The third-order valence-electron chi connectivity index (χ3n) is 7.87. The van der Waals surface area contributed by atoms with E-state index < -0.39 is 5.60 Å². The molecular formula is C30H29N3O2. The van der Waals surface area contributed by atoms with E-state index in [-0.39, 0.29) is 5.97 Å². The zero-order valence-electron chi connectivity index (χ0n) is 21.0. The fourth-order valence-corrected chi connectivity index (χ4v) is 5.96. The highest BCUT2D eigenvalue weighted by Gasteiger charge is 2.53. The Hall–Kier alpha value is -3.99. The van der Waals surface area contributed by atoms with Crippen LogP contribution >= 0.6 is 0 Å². The van der Waals surface area contributed by atoms with Crippen molar-refractivity contribution in [1.82, 2.24) is 9.13 Å². The highest BCUT2D eigenvalue weighted by molar-refractivity contribution is 6.01. The van der Waals surface area contributed by atoms with E-state index in [4.69, 9.17) is 4.74 Å². The summed E-state index contributed by atoms with van der Waals surface area (Å²) in [5.41, 5.74) is 7.91. The lowest BCUT2D eigenvalue weighted by atomic mass is 9.77. The summed E-state index contributed by atoms with van der Waals surface area (Å²) in [7, 11) is 8.21. The number of fused-ring (bicyclic) bond motifs is 3. The van der Waals surface area contributed by atoms with Crippen LogP contribution in [0.25, 0.3) is 21.8 Å². The number of ether oxygens (including phenoxy) is 1. The molecule has 0 unspecified atom stereocenters. The summed E-state index contributed by atoms with van der Waals surface area (Å²) in [6.07, 6.45) is 0. The van der Waals surface area contributed by atoms with Crippen LogP contribution in [0.4, 0.5) is 5.69 Å². The van der Waals surface area contributed by atoms with E-state index in [1.165, 1.54) is 0 Å². The highest BCUT2D eigenvalue weighted by atomic mass is 16.6. The van der Waals surface area contributed by atoms with Gasteiger partial charge in [-0.2, -0.15) is 0 Å². The molecule has 0 fully saturated rings. The summed E-state index contributed by atoms with van der Waals surface area (Å²) < 4.78 is 11.1. The highest BCUT2D eigenvalue weighted by Crippen LogP contribution is 2.54. The van der Waals surface area contributed by atoms with Crippen LogP contribution in [0.15, 0.2) is 66.7 Å². The number of rotatable bonds is 3. The van der Waals surface area contributed by atoms with Gasteiger partial charge < -0.3 is 18.8 Å². The third kappa shape index (κ3) is 2.66. The number of hydrogen-bond donors (Lipinski definition) is 0. The van der Waals surface area contributed by atoms with E-state index in [0.29, 0.717) is 5.56 Å². The second-order valence-electron chi connectivity index (χ2n) is 9.77. The van der Waals surface area contributed by atoms with Gasteiger partial charge in [0.25, 0.3) is 0 Å². The minimum atomic E-state index is -1.08. The summed E-state index contributed by atoms with van der Waals surface area (Å²) in [4.78, 5) is 15.6. The fraction of sp³-hybridized carbons (Fsp3) is 0.233. The minimum absolute atomic E-state index is 0.287. The van der Waals surface area contributed by atoms with Crippen LogP contribution in [0.5, 0.6) is 0 Å². The maximum absolute atomic E-state index is 13.6. The SMILES string of the molecule is Cc1c(C2(c3c(C)n(C)c4ccccc34)OC(=O)c3ccc(N(C)C)cc32)c2ccccc2n1C. The van der Waals surface area contributed by atoms with E-state index in [1.807, 2.05) is 26.2 Å². The van der Waals surface area contributed by atoms with Gasteiger partial charge in [0, 0.05) is 83.8 Å². The van der Waals surface area contributed by atoms with Crippen molar-refractivity contribution in [3.63, 3.8) is 0 Å². The van der Waals surface area contributed by atoms with Crippen molar-refractivity contribution in [2.75, 3.05) is 19.0 Å². The monoisotopic (exact) mass is 463 g/mol. The van der Waals surface area contributed by atoms with Gasteiger partial charge in [-0.3, -0.25) is 0 Å². The summed E-state index contributed by atoms with van der Waals surface area (Å²) in [6.45, 7) is 4.25. The molecule has 1 aliphatic heterocycles. The third-order valence-corrected chi connectivity index (χ3v) is 7.87. The van der Waals surface area contributed by atoms with E-state index in [2.05, 4.69) is 96.6 Å². The Morgan fingerprint density at radius 1 is 0.771 bits per heavy atom. The van der Waals surface area contributed by atoms with Gasteiger partial charge in [0.15, 0.2) is 5.60 Å². The molecule has 3 aromatic carbocycles. The molecule has 5 aromatic rings. The topological polar surface area (TPSA) is 39.4 Å². The summed E-state index contributed by atoms with van der Waals surface area (Å²) >= 11 is 0. The maximum atomic E-state index is 13.6. The van der Waals surface area contributed by atoms with Gasteiger partial charge in [-0.25, -0.2) is 4.79 Å². The van der Waals surface area contributed by atoms with Crippen molar-refractivity contribution < 1.29 is 9.53 Å². The standard InChI is InChI=1S/C30H29N3O2/c1-18-27(22-11-7-9-13-25(22)32(18)5)30(28-19(2)33(6)26-14-10-8-12-23(26)28)24-17-20(31(3)4)15-16-21(24)29(34)35-30/h7-17H,1-6H3. The van der Waals surface area contributed by atoms with Crippen LogP contribution < -0.4 is 4.90 Å². The van der Waals surface area contributed by atoms with E-state index >= 15 is 0 Å². The van der Waals surface area contributed by atoms with Crippen LogP contribution in [0.2, 0.25) is 0 Å². The van der Waals surface area contributed by atoms with Crippen LogP contribution in [0, 0.1) is 13.8 Å². The van der Waals surface area contributed by atoms with Crippen molar-refractivity contribution in [2.24, 2.45) is 14.1 Å². The average molecular weight is 464 g/mol. The normalized spacial score (nSPS) is 14.5. The van der Waals surface area contributed by atoms with Crippen molar-refractivity contribution in [1.29, 1.82) is 0 Å². The second-order valence-corrected chi connectivity index (χ2v) is 9.77. The first-order chi connectivity index (χ1) is 16.8. The van der Waals surface area contributed by atoms with Crippen LogP contribution in [-0.2, 0) is 24.4 Å². The van der Waals surface area contributed by atoms with Gasteiger partial charge in [0.05, 0.1) is 5.56 Å². The first-order valence-corrected chi connectivity index (χ1v) is 11.9. The lowest BCUT2D eigenvalue weighted by Gasteiger charge is -2.32. The largest absolute Gasteiger partial charge is 0.440 e. The smallest absolute Gasteiger partial charge is 0.340 e. The van der Waals surface area contributed by atoms with Crippen molar-refractivity contribution >= 4 is 33.5 Å². The lowest BCUT2D eigenvalue weighted by Crippen LogP contribution is -2.31. The molecule has 0 N–H and O–H groups in total. The molecule has 35 heavy (non-hydrogen) atoms. The quantitative estimate of drug-likeness (QED) is 0.317. The molecule has 0 radical (unpaired) electrons. The van der Waals surface area contributed by atoms with Crippen molar-refractivity contribution in [3.8, 4) is 0 Å². The van der Waals surface area contributed by atoms with Crippen LogP contribution in [0.1, 0.15) is 38.4 Å². The number of hydrogen-bond acceptors (Lipinski definition) is 3. The van der Waals surface area contributed by atoms with E-state index in [1.54, 1.807) is 0 Å². The second kappa shape index (κ2) is 7.25. The minimum Gasteiger partial charge on any atom is -0.440 e. The van der Waals surface area contributed by atoms with E-state index in [9.17, 15) is 4.79 Å². The number of nitrogens with zero attached hydrogens (tertiary/aromatic N) is 3. The van der Waals surface area contributed by atoms with Gasteiger partial charge >= 0.3 is 5.97 Å². The number of anilines is 1. The molecule has 0 saturated carbocycles. The van der Waals surface area contributed by atoms with Gasteiger partial charge in [0.1, 0.15) is 0 Å². The number of esters is 1. The zero-order chi connectivity index (χ0) is 24.6. The Morgan fingerprint density at radius 3 is 1.80 bits per heavy atom. The number of aromatic nitrogens is 2. The van der Waals surface area contributed by atoms with Crippen molar-refractivity contribution in [2.45, 2.75) is 19.4 Å². The van der Waals surface area contributed by atoms with Crippen molar-refractivity contribution in [3.05, 3.63) is 100 Å². The Balaban J connectivity index is 1.86. The molecule has 0 saturated heterocycles. The van der Waals surface area contributed by atoms with E-state index in [0.717, 1.165) is 55.6 Å². The first-order valence-electron chi connectivity index (χ1n) is 11.9.